The fourth-order valence-electron chi connectivity index (χ4n) is 0.954. The largest absolute Gasteiger partial charge is 0.394 e. The van der Waals surface area contributed by atoms with Gasteiger partial charge in [-0.1, -0.05) is 0 Å². The maximum Gasteiger partial charge on any atom is 0.242 e. The van der Waals surface area contributed by atoms with Gasteiger partial charge in [0.1, 0.15) is 11.9 Å². The number of nitrogens with two attached hydrogens (primary N) is 1. The number of halogens is 1. The highest BCUT2D eigenvalue weighted by atomic mass is 19.1. The first kappa shape index (κ1) is 10.5. The van der Waals surface area contributed by atoms with Crippen LogP contribution in [0.25, 0.3) is 0 Å². The van der Waals surface area contributed by atoms with Crippen molar-refractivity contribution in [2.45, 2.75) is 6.04 Å². The average Bonchev–Trinajstić information content (AvgIpc) is 2.16. The highest BCUT2D eigenvalue weighted by Crippen LogP contribution is 2.09. The average molecular weight is 198 g/mol. The van der Waals surface area contributed by atoms with Gasteiger partial charge in [-0.3, -0.25) is 4.79 Å². The molecule has 0 aliphatic rings. The summed E-state index contributed by atoms with van der Waals surface area (Å²) in [7, 11) is 0. The van der Waals surface area contributed by atoms with Gasteiger partial charge in [-0.25, -0.2) is 4.39 Å². The molecule has 14 heavy (non-hydrogen) atoms. The predicted octanol–water partition coefficient (Wildman–Crippen LogP) is 0.0838. The number of carbonyl (C=O) groups is 1. The van der Waals surface area contributed by atoms with Crippen LogP contribution in [0.15, 0.2) is 24.3 Å². The number of amides is 1. The van der Waals surface area contributed by atoms with E-state index in [1.807, 2.05) is 0 Å². The molecule has 0 saturated heterocycles. The van der Waals surface area contributed by atoms with Crippen LogP contribution in [0.5, 0.6) is 0 Å². The second-order valence-corrected chi connectivity index (χ2v) is 2.79. The summed E-state index contributed by atoms with van der Waals surface area (Å²) >= 11 is 0. The first-order valence-electron chi connectivity index (χ1n) is 4.05. The van der Waals surface area contributed by atoms with Crippen molar-refractivity contribution in [3.8, 4) is 0 Å². The van der Waals surface area contributed by atoms with Crippen molar-refractivity contribution in [1.29, 1.82) is 0 Å². The van der Waals surface area contributed by atoms with Gasteiger partial charge in [-0.15, -0.1) is 0 Å². The molecule has 1 aromatic carbocycles. The molecule has 0 saturated carbocycles. The first-order valence-corrected chi connectivity index (χ1v) is 4.05. The molecular formula is C9H11FN2O2. The Kier molecular flexibility index (Phi) is 3.41. The number of hydrogen-bond donors (Lipinski definition) is 3. The van der Waals surface area contributed by atoms with Crippen LogP contribution in [0, 0.1) is 5.82 Å². The molecule has 1 atom stereocenters. The Labute approximate surface area is 80.5 Å². The SMILES string of the molecule is NC(=O)C(CO)Nc1ccc(F)cc1. The Morgan fingerprint density at radius 3 is 2.50 bits per heavy atom. The number of anilines is 1. The normalized spacial score (nSPS) is 12.1. The third-order valence-electron chi connectivity index (χ3n) is 1.71. The van der Waals surface area contributed by atoms with E-state index < -0.39 is 18.6 Å². The Bertz CT molecular complexity index is 313. The van der Waals surface area contributed by atoms with Crippen LogP contribution in [0.1, 0.15) is 0 Å². The van der Waals surface area contributed by atoms with E-state index in [-0.39, 0.29) is 5.82 Å². The van der Waals surface area contributed by atoms with E-state index in [1.165, 1.54) is 24.3 Å². The van der Waals surface area contributed by atoms with Gasteiger partial charge >= 0.3 is 0 Å². The van der Waals surface area contributed by atoms with Crippen LogP contribution in [0.3, 0.4) is 0 Å². The van der Waals surface area contributed by atoms with Gasteiger partial charge < -0.3 is 16.2 Å². The molecular weight excluding hydrogens is 187 g/mol. The van der Waals surface area contributed by atoms with Crippen LogP contribution in [-0.4, -0.2) is 23.7 Å². The van der Waals surface area contributed by atoms with E-state index in [2.05, 4.69) is 5.32 Å². The zero-order valence-electron chi connectivity index (χ0n) is 7.40. The lowest BCUT2D eigenvalue weighted by Crippen LogP contribution is -2.38. The van der Waals surface area contributed by atoms with Crippen molar-refractivity contribution in [3.63, 3.8) is 0 Å². The lowest BCUT2D eigenvalue weighted by atomic mass is 10.2. The minimum Gasteiger partial charge on any atom is -0.394 e. The van der Waals surface area contributed by atoms with E-state index in [0.29, 0.717) is 5.69 Å². The standard InChI is InChI=1S/C9H11FN2O2/c10-6-1-3-7(4-2-6)12-8(5-13)9(11)14/h1-4,8,12-13H,5H2,(H2,11,14). The number of aliphatic hydroxyl groups excluding tert-OH is 1. The number of primary amides is 1. The summed E-state index contributed by atoms with van der Waals surface area (Å²) < 4.78 is 12.5. The summed E-state index contributed by atoms with van der Waals surface area (Å²) in [5.74, 6) is -1.02. The predicted molar refractivity (Wildman–Crippen MR) is 50.1 cm³/mol. The lowest BCUT2D eigenvalue weighted by molar-refractivity contribution is -0.119. The molecule has 0 aliphatic carbocycles. The van der Waals surface area contributed by atoms with Gasteiger partial charge in [-0.2, -0.15) is 0 Å². The molecule has 0 spiro atoms. The number of nitrogens with one attached hydrogen (secondary N) is 1. The maximum absolute atomic E-state index is 12.5. The summed E-state index contributed by atoms with van der Waals surface area (Å²) in [5.41, 5.74) is 5.52. The van der Waals surface area contributed by atoms with E-state index in [4.69, 9.17) is 10.8 Å². The van der Waals surface area contributed by atoms with Crippen LogP contribution in [0.4, 0.5) is 10.1 Å². The third-order valence-corrected chi connectivity index (χ3v) is 1.71. The molecule has 0 heterocycles. The first-order chi connectivity index (χ1) is 6.63. The molecule has 0 aliphatic heterocycles. The van der Waals surface area contributed by atoms with Crippen molar-refractivity contribution in [2.75, 3.05) is 11.9 Å². The monoisotopic (exact) mass is 198 g/mol. The fourth-order valence-corrected chi connectivity index (χ4v) is 0.954. The van der Waals surface area contributed by atoms with Gasteiger partial charge in [0, 0.05) is 5.69 Å². The molecule has 0 fully saturated rings. The number of hydrogen-bond acceptors (Lipinski definition) is 3. The van der Waals surface area contributed by atoms with Crippen LogP contribution in [0.2, 0.25) is 0 Å². The third kappa shape index (κ3) is 2.70. The molecule has 0 radical (unpaired) electrons. The van der Waals surface area contributed by atoms with E-state index in [1.54, 1.807) is 0 Å². The Morgan fingerprint density at radius 2 is 2.07 bits per heavy atom. The summed E-state index contributed by atoms with van der Waals surface area (Å²) in [5, 5.41) is 11.4. The second kappa shape index (κ2) is 4.57. The minimum absolute atomic E-state index is 0.366. The molecule has 1 amide bonds. The van der Waals surface area contributed by atoms with Crippen molar-refractivity contribution in [3.05, 3.63) is 30.1 Å². The highest BCUT2D eigenvalue weighted by Gasteiger charge is 2.12. The summed E-state index contributed by atoms with van der Waals surface area (Å²) in [6.07, 6.45) is 0. The van der Waals surface area contributed by atoms with E-state index in [0.717, 1.165) is 0 Å². The van der Waals surface area contributed by atoms with Gasteiger partial charge in [0.15, 0.2) is 0 Å². The Morgan fingerprint density at radius 1 is 1.50 bits per heavy atom. The molecule has 4 N–H and O–H groups in total. The highest BCUT2D eigenvalue weighted by molar-refractivity contribution is 5.83. The lowest BCUT2D eigenvalue weighted by Gasteiger charge is -2.13. The zero-order chi connectivity index (χ0) is 10.6. The quantitative estimate of drug-likeness (QED) is 0.641. The fraction of sp³-hybridized carbons (Fsp3) is 0.222. The van der Waals surface area contributed by atoms with Crippen molar-refractivity contribution >= 4 is 11.6 Å². The van der Waals surface area contributed by atoms with Gasteiger partial charge in [0.2, 0.25) is 5.91 Å². The van der Waals surface area contributed by atoms with Crippen molar-refractivity contribution in [1.82, 2.24) is 0 Å². The van der Waals surface area contributed by atoms with E-state index >= 15 is 0 Å². The number of rotatable bonds is 4. The Balaban J connectivity index is 2.67. The topological polar surface area (TPSA) is 75.4 Å². The summed E-state index contributed by atoms with van der Waals surface area (Å²) in [6, 6.07) is 4.57. The van der Waals surface area contributed by atoms with Gasteiger partial charge in [0.25, 0.3) is 0 Å². The number of aliphatic hydroxyl groups is 1. The molecule has 76 valence electrons. The van der Waals surface area contributed by atoms with Crippen LogP contribution in [-0.2, 0) is 4.79 Å². The molecule has 1 rings (SSSR count). The zero-order valence-corrected chi connectivity index (χ0v) is 7.40. The number of benzene rings is 1. The molecule has 4 nitrogen and oxygen atoms in total. The molecule has 0 bridgehead atoms. The molecule has 5 heteroatoms. The summed E-state index contributed by atoms with van der Waals surface area (Å²) in [6.45, 7) is -0.396. The van der Waals surface area contributed by atoms with Crippen LogP contribution < -0.4 is 11.1 Å². The summed E-state index contributed by atoms with van der Waals surface area (Å²) in [4.78, 5) is 10.7. The maximum atomic E-state index is 12.5. The molecule has 1 unspecified atom stereocenters. The molecule has 1 aromatic rings. The van der Waals surface area contributed by atoms with Crippen LogP contribution >= 0.6 is 0 Å². The molecule has 0 aromatic heterocycles. The minimum atomic E-state index is -0.847. The van der Waals surface area contributed by atoms with E-state index in [9.17, 15) is 9.18 Å². The number of carbonyl (C=O) groups excluding carboxylic acids is 1. The smallest absolute Gasteiger partial charge is 0.242 e. The van der Waals surface area contributed by atoms with Crippen molar-refractivity contribution < 1.29 is 14.3 Å². The second-order valence-electron chi connectivity index (χ2n) is 2.79. The van der Waals surface area contributed by atoms with Gasteiger partial charge in [-0.05, 0) is 24.3 Å². The van der Waals surface area contributed by atoms with Crippen molar-refractivity contribution in [2.24, 2.45) is 5.73 Å². The Hall–Kier alpha value is -1.62. The van der Waals surface area contributed by atoms with Gasteiger partial charge in [0.05, 0.1) is 6.61 Å².